The van der Waals surface area contributed by atoms with Gasteiger partial charge in [0.05, 0.1) is 13.2 Å². The van der Waals surface area contributed by atoms with Crippen molar-refractivity contribution in [3.05, 3.63) is 30.1 Å². The van der Waals surface area contributed by atoms with Crippen LogP contribution in [-0.4, -0.2) is 22.3 Å². The maximum atomic E-state index is 5.70. The summed E-state index contributed by atoms with van der Waals surface area (Å²) < 4.78 is 5.14. The predicted molar refractivity (Wildman–Crippen MR) is 61.0 cm³/mol. The first-order chi connectivity index (χ1) is 7.70. The summed E-state index contributed by atoms with van der Waals surface area (Å²) in [6, 6.07) is 7.44. The van der Waals surface area contributed by atoms with Gasteiger partial charge in [0.2, 0.25) is 0 Å². The summed E-state index contributed by atoms with van der Waals surface area (Å²) in [5.74, 6) is 2.09. The van der Waals surface area contributed by atoms with E-state index in [1.165, 1.54) is 0 Å². The number of aromatic amines is 1. The molecule has 0 unspecified atom stereocenters. The molecule has 2 aromatic rings. The summed E-state index contributed by atoms with van der Waals surface area (Å²) in [6.07, 6.45) is 0. The number of hydrogen-bond donors (Lipinski definition) is 2. The van der Waals surface area contributed by atoms with E-state index in [1.807, 2.05) is 31.2 Å². The van der Waals surface area contributed by atoms with E-state index < -0.39 is 0 Å². The van der Waals surface area contributed by atoms with Crippen LogP contribution in [0.15, 0.2) is 24.3 Å². The Labute approximate surface area is 93.7 Å². The average Bonchev–Trinajstić information content (AvgIpc) is 2.78. The molecule has 3 N–H and O–H groups in total. The molecule has 1 aromatic carbocycles. The topological polar surface area (TPSA) is 76.8 Å². The van der Waals surface area contributed by atoms with Crippen molar-refractivity contribution in [1.29, 1.82) is 0 Å². The SMILES string of the molecule is COc1cccc(-c2n[nH]c([C@@H](C)N)n2)c1. The molecule has 0 bridgehead atoms. The lowest BCUT2D eigenvalue weighted by Crippen LogP contribution is -2.06. The van der Waals surface area contributed by atoms with Gasteiger partial charge >= 0.3 is 0 Å². The minimum Gasteiger partial charge on any atom is -0.497 e. The number of aromatic nitrogens is 3. The predicted octanol–water partition coefficient (Wildman–Crippen LogP) is 1.50. The number of nitrogens with two attached hydrogens (primary N) is 1. The molecule has 0 aliphatic carbocycles. The fourth-order valence-electron chi connectivity index (χ4n) is 1.37. The number of nitrogens with one attached hydrogen (secondary N) is 1. The van der Waals surface area contributed by atoms with Gasteiger partial charge in [-0.25, -0.2) is 4.98 Å². The Morgan fingerprint density at radius 3 is 2.88 bits per heavy atom. The summed E-state index contributed by atoms with van der Waals surface area (Å²) in [5.41, 5.74) is 6.61. The molecule has 0 aliphatic heterocycles. The van der Waals surface area contributed by atoms with Crippen LogP contribution in [0.3, 0.4) is 0 Å². The van der Waals surface area contributed by atoms with Crippen molar-refractivity contribution in [2.75, 3.05) is 7.11 Å². The minimum atomic E-state index is -0.146. The number of ether oxygens (including phenoxy) is 1. The lowest BCUT2D eigenvalue weighted by molar-refractivity contribution is 0.415. The molecule has 1 heterocycles. The second-order valence-corrected chi connectivity index (χ2v) is 3.56. The third-order valence-electron chi connectivity index (χ3n) is 2.26. The summed E-state index contributed by atoms with van der Waals surface area (Å²) >= 11 is 0. The van der Waals surface area contributed by atoms with E-state index >= 15 is 0 Å². The van der Waals surface area contributed by atoms with Crippen molar-refractivity contribution in [1.82, 2.24) is 15.2 Å². The van der Waals surface area contributed by atoms with E-state index in [-0.39, 0.29) is 6.04 Å². The van der Waals surface area contributed by atoms with Gasteiger partial charge in [0.15, 0.2) is 5.82 Å². The molecule has 0 saturated heterocycles. The number of rotatable bonds is 3. The average molecular weight is 218 g/mol. The number of H-pyrrole nitrogens is 1. The van der Waals surface area contributed by atoms with Crippen LogP contribution in [0.5, 0.6) is 5.75 Å². The fraction of sp³-hybridized carbons (Fsp3) is 0.273. The van der Waals surface area contributed by atoms with E-state index in [2.05, 4.69) is 15.2 Å². The third kappa shape index (κ3) is 2.04. The zero-order valence-corrected chi connectivity index (χ0v) is 9.27. The number of methoxy groups -OCH3 is 1. The normalized spacial score (nSPS) is 12.4. The van der Waals surface area contributed by atoms with Gasteiger partial charge in [-0.05, 0) is 19.1 Å². The molecule has 1 atom stereocenters. The highest BCUT2D eigenvalue weighted by atomic mass is 16.5. The number of nitrogens with zero attached hydrogens (tertiary/aromatic N) is 2. The highest BCUT2D eigenvalue weighted by Gasteiger charge is 2.09. The molecule has 0 saturated carbocycles. The summed E-state index contributed by atoms with van der Waals surface area (Å²) in [5, 5.41) is 6.93. The van der Waals surface area contributed by atoms with Crippen molar-refractivity contribution < 1.29 is 4.74 Å². The molecular weight excluding hydrogens is 204 g/mol. The van der Waals surface area contributed by atoms with Gasteiger partial charge in [-0.15, -0.1) is 0 Å². The maximum Gasteiger partial charge on any atom is 0.181 e. The summed E-state index contributed by atoms with van der Waals surface area (Å²) in [4.78, 5) is 4.31. The van der Waals surface area contributed by atoms with Crippen LogP contribution in [0.1, 0.15) is 18.8 Å². The monoisotopic (exact) mass is 218 g/mol. The molecule has 5 heteroatoms. The lowest BCUT2D eigenvalue weighted by Gasteiger charge is -2.00. The largest absolute Gasteiger partial charge is 0.497 e. The Hall–Kier alpha value is -1.88. The zero-order valence-electron chi connectivity index (χ0n) is 9.27. The molecular formula is C11H14N4O. The van der Waals surface area contributed by atoms with Crippen LogP contribution < -0.4 is 10.5 Å². The van der Waals surface area contributed by atoms with E-state index in [0.29, 0.717) is 11.6 Å². The van der Waals surface area contributed by atoms with Crippen LogP contribution in [0, 0.1) is 0 Å². The molecule has 16 heavy (non-hydrogen) atoms. The molecule has 0 radical (unpaired) electrons. The summed E-state index contributed by atoms with van der Waals surface area (Å²) in [7, 11) is 1.63. The van der Waals surface area contributed by atoms with E-state index in [4.69, 9.17) is 10.5 Å². The van der Waals surface area contributed by atoms with Crippen LogP contribution in [-0.2, 0) is 0 Å². The maximum absolute atomic E-state index is 5.70. The van der Waals surface area contributed by atoms with Gasteiger partial charge in [0.25, 0.3) is 0 Å². The van der Waals surface area contributed by atoms with Crippen LogP contribution in [0.25, 0.3) is 11.4 Å². The molecule has 0 amide bonds. The Bertz CT molecular complexity index is 478. The highest BCUT2D eigenvalue weighted by Crippen LogP contribution is 2.21. The first kappa shape index (κ1) is 10.6. The van der Waals surface area contributed by atoms with Gasteiger partial charge in [-0.3, -0.25) is 5.10 Å². The van der Waals surface area contributed by atoms with Crippen LogP contribution in [0.2, 0.25) is 0 Å². The van der Waals surface area contributed by atoms with Crippen molar-refractivity contribution in [2.24, 2.45) is 5.73 Å². The molecule has 0 spiro atoms. The standard InChI is InChI=1S/C11H14N4O/c1-7(12)10-13-11(15-14-10)8-4-3-5-9(6-8)16-2/h3-7H,12H2,1-2H3,(H,13,14,15)/t7-/m1/s1. The van der Waals surface area contributed by atoms with Gasteiger partial charge in [0.1, 0.15) is 11.6 Å². The fourth-order valence-corrected chi connectivity index (χ4v) is 1.37. The van der Waals surface area contributed by atoms with Gasteiger partial charge < -0.3 is 10.5 Å². The molecule has 2 rings (SSSR count). The van der Waals surface area contributed by atoms with Crippen molar-refractivity contribution in [3.63, 3.8) is 0 Å². The second kappa shape index (κ2) is 4.32. The van der Waals surface area contributed by atoms with Gasteiger partial charge in [-0.1, -0.05) is 12.1 Å². The molecule has 1 aromatic heterocycles. The first-order valence-electron chi connectivity index (χ1n) is 5.03. The lowest BCUT2D eigenvalue weighted by atomic mass is 10.2. The second-order valence-electron chi connectivity index (χ2n) is 3.56. The van der Waals surface area contributed by atoms with Gasteiger partial charge in [-0.2, -0.15) is 5.10 Å². The van der Waals surface area contributed by atoms with Gasteiger partial charge in [0, 0.05) is 5.56 Å². The zero-order chi connectivity index (χ0) is 11.5. The van der Waals surface area contributed by atoms with Crippen molar-refractivity contribution >= 4 is 0 Å². The molecule has 0 fully saturated rings. The molecule has 84 valence electrons. The Morgan fingerprint density at radius 2 is 2.25 bits per heavy atom. The quantitative estimate of drug-likeness (QED) is 0.818. The summed E-state index contributed by atoms with van der Waals surface area (Å²) in [6.45, 7) is 1.86. The van der Waals surface area contributed by atoms with Crippen molar-refractivity contribution in [2.45, 2.75) is 13.0 Å². The molecule has 5 nitrogen and oxygen atoms in total. The van der Waals surface area contributed by atoms with E-state index in [9.17, 15) is 0 Å². The molecule has 0 aliphatic rings. The third-order valence-corrected chi connectivity index (χ3v) is 2.26. The van der Waals surface area contributed by atoms with Crippen molar-refractivity contribution in [3.8, 4) is 17.1 Å². The number of hydrogen-bond acceptors (Lipinski definition) is 4. The Morgan fingerprint density at radius 1 is 1.44 bits per heavy atom. The minimum absolute atomic E-state index is 0.146. The van der Waals surface area contributed by atoms with Crippen LogP contribution >= 0.6 is 0 Å². The smallest absolute Gasteiger partial charge is 0.181 e. The first-order valence-corrected chi connectivity index (χ1v) is 5.03. The van der Waals surface area contributed by atoms with Crippen LogP contribution in [0.4, 0.5) is 0 Å². The highest BCUT2D eigenvalue weighted by molar-refractivity contribution is 5.57. The van der Waals surface area contributed by atoms with E-state index in [0.717, 1.165) is 11.3 Å². The number of benzene rings is 1. The Balaban J connectivity index is 2.34. The Kier molecular flexibility index (Phi) is 2.87. The van der Waals surface area contributed by atoms with E-state index in [1.54, 1.807) is 7.11 Å².